The van der Waals surface area contributed by atoms with Crippen molar-refractivity contribution in [2.45, 2.75) is 69.4 Å². The number of ether oxygens (including phenoxy) is 2. The van der Waals surface area contributed by atoms with Crippen LogP contribution in [0.25, 0.3) is 0 Å². The summed E-state index contributed by atoms with van der Waals surface area (Å²) < 4.78 is 11.5. The molecular weight excluding hydrogens is 238 g/mol. The molecule has 1 N–H and O–H groups in total. The molecule has 110 valence electrons. The van der Waals surface area contributed by atoms with Crippen molar-refractivity contribution in [1.82, 2.24) is 5.32 Å². The van der Waals surface area contributed by atoms with E-state index in [9.17, 15) is 0 Å². The topological polar surface area (TPSA) is 30.5 Å². The van der Waals surface area contributed by atoms with Gasteiger partial charge in [0.1, 0.15) is 0 Å². The van der Waals surface area contributed by atoms with Crippen molar-refractivity contribution in [1.29, 1.82) is 0 Å². The Hall–Kier alpha value is -0.120. The molecule has 0 aromatic rings. The van der Waals surface area contributed by atoms with Gasteiger partial charge in [0.2, 0.25) is 0 Å². The van der Waals surface area contributed by atoms with Gasteiger partial charge < -0.3 is 14.8 Å². The third-order valence-corrected chi connectivity index (χ3v) is 5.27. The molecule has 3 rings (SSSR count). The van der Waals surface area contributed by atoms with Gasteiger partial charge in [-0.15, -0.1) is 0 Å². The largest absolute Gasteiger partial charge is 0.378 e. The quantitative estimate of drug-likeness (QED) is 0.849. The van der Waals surface area contributed by atoms with Crippen LogP contribution >= 0.6 is 0 Å². The van der Waals surface area contributed by atoms with Gasteiger partial charge in [0, 0.05) is 25.7 Å². The van der Waals surface area contributed by atoms with Crippen molar-refractivity contribution in [3.8, 4) is 0 Å². The predicted molar refractivity (Wildman–Crippen MR) is 76.3 cm³/mol. The second-order valence-corrected chi connectivity index (χ2v) is 6.77. The van der Waals surface area contributed by atoms with Crippen LogP contribution in [0.15, 0.2) is 0 Å². The van der Waals surface area contributed by atoms with E-state index in [0.29, 0.717) is 6.04 Å². The summed E-state index contributed by atoms with van der Waals surface area (Å²) in [7, 11) is 0. The van der Waals surface area contributed by atoms with Crippen molar-refractivity contribution in [2.75, 3.05) is 26.4 Å². The van der Waals surface area contributed by atoms with Crippen LogP contribution in [0.5, 0.6) is 0 Å². The summed E-state index contributed by atoms with van der Waals surface area (Å²) in [6.07, 6.45) is 12.1. The summed E-state index contributed by atoms with van der Waals surface area (Å²) in [5.74, 6) is 0.991. The molecule has 2 saturated heterocycles. The fourth-order valence-electron chi connectivity index (χ4n) is 4.03. The van der Waals surface area contributed by atoms with Crippen molar-refractivity contribution in [2.24, 2.45) is 5.92 Å². The molecule has 1 spiro atoms. The first-order valence-electron chi connectivity index (χ1n) is 8.31. The summed E-state index contributed by atoms with van der Waals surface area (Å²) in [5, 5.41) is 3.78. The van der Waals surface area contributed by atoms with Crippen molar-refractivity contribution < 1.29 is 9.47 Å². The minimum Gasteiger partial charge on any atom is -0.378 e. The lowest BCUT2D eigenvalue weighted by molar-refractivity contribution is -0.0893. The van der Waals surface area contributed by atoms with E-state index >= 15 is 0 Å². The summed E-state index contributed by atoms with van der Waals surface area (Å²) in [5.41, 5.74) is 0.0563. The molecular formula is C16H29NO2. The zero-order chi connectivity index (χ0) is 13.0. The van der Waals surface area contributed by atoms with Gasteiger partial charge in [-0.2, -0.15) is 0 Å². The van der Waals surface area contributed by atoms with Crippen LogP contribution in [-0.4, -0.2) is 38.0 Å². The van der Waals surface area contributed by atoms with Crippen LogP contribution in [0.1, 0.15) is 57.8 Å². The minimum absolute atomic E-state index is 0.0563. The first-order valence-corrected chi connectivity index (χ1v) is 8.31. The Balaban J connectivity index is 1.37. The second kappa shape index (κ2) is 6.55. The number of nitrogens with one attached hydrogen (secondary N) is 1. The van der Waals surface area contributed by atoms with Crippen molar-refractivity contribution in [3.05, 3.63) is 0 Å². The molecule has 0 amide bonds. The summed E-state index contributed by atoms with van der Waals surface area (Å²) in [6, 6.07) is 0.652. The molecule has 2 atom stereocenters. The molecule has 3 fully saturated rings. The summed E-state index contributed by atoms with van der Waals surface area (Å²) in [4.78, 5) is 0. The maximum atomic E-state index is 5.99. The van der Waals surface area contributed by atoms with Crippen LogP contribution in [-0.2, 0) is 9.47 Å². The Kier molecular flexibility index (Phi) is 4.78. The third-order valence-electron chi connectivity index (χ3n) is 5.27. The van der Waals surface area contributed by atoms with E-state index in [-0.39, 0.29) is 5.60 Å². The van der Waals surface area contributed by atoms with Crippen LogP contribution in [0.4, 0.5) is 0 Å². The van der Waals surface area contributed by atoms with E-state index in [1.54, 1.807) is 0 Å². The maximum Gasteiger partial charge on any atom is 0.0951 e. The first-order chi connectivity index (χ1) is 9.36. The highest BCUT2D eigenvalue weighted by Gasteiger charge is 2.40. The van der Waals surface area contributed by atoms with Crippen molar-refractivity contribution >= 4 is 0 Å². The standard InChI is InChI=1S/C16H29NO2/c1-2-4-14(5-3-1)6-9-17-15-7-10-19-16(12-15)8-11-18-13-16/h14-15,17H,1-13H2. The lowest BCUT2D eigenvalue weighted by Gasteiger charge is -2.37. The fourth-order valence-corrected chi connectivity index (χ4v) is 4.03. The lowest BCUT2D eigenvalue weighted by atomic mass is 9.86. The molecule has 2 aliphatic heterocycles. The SMILES string of the molecule is C1CCC(CCNC2CCOC3(CCOC3)C2)CC1. The van der Waals surface area contributed by atoms with E-state index in [1.165, 1.54) is 51.5 Å². The van der Waals surface area contributed by atoms with Gasteiger partial charge in [0.25, 0.3) is 0 Å². The predicted octanol–water partition coefficient (Wildman–Crippen LogP) is 2.88. The average molecular weight is 267 g/mol. The normalized spacial score (nSPS) is 36.9. The molecule has 19 heavy (non-hydrogen) atoms. The van der Waals surface area contributed by atoms with E-state index in [1.807, 2.05) is 0 Å². The molecule has 0 bridgehead atoms. The summed E-state index contributed by atoms with van der Waals surface area (Å²) >= 11 is 0. The van der Waals surface area contributed by atoms with Crippen molar-refractivity contribution in [3.63, 3.8) is 0 Å². The number of hydrogen-bond acceptors (Lipinski definition) is 3. The van der Waals surface area contributed by atoms with Gasteiger partial charge in [-0.05, 0) is 31.7 Å². The molecule has 3 nitrogen and oxygen atoms in total. The van der Waals surface area contributed by atoms with Gasteiger partial charge in [0.05, 0.1) is 12.2 Å². The van der Waals surface area contributed by atoms with E-state index in [4.69, 9.17) is 9.47 Å². The second-order valence-electron chi connectivity index (χ2n) is 6.77. The highest BCUT2D eigenvalue weighted by molar-refractivity contribution is 4.92. The van der Waals surface area contributed by atoms with E-state index in [0.717, 1.165) is 38.6 Å². The monoisotopic (exact) mass is 267 g/mol. The fraction of sp³-hybridized carbons (Fsp3) is 1.00. The highest BCUT2D eigenvalue weighted by atomic mass is 16.6. The molecule has 0 aromatic carbocycles. The van der Waals surface area contributed by atoms with Gasteiger partial charge in [-0.25, -0.2) is 0 Å². The van der Waals surface area contributed by atoms with E-state index < -0.39 is 0 Å². The number of hydrogen-bond donors (Lipinski definition) is 1. The molecule has 0 aromatic heterocycles. The minimum atomic E-state index is 0.0563. The Labute approximate surface area is 117 Å². The summed E-state index contributed by atoms with van der Waals surface area (Å²) in [6.45, 7) is 3.80. The van der Waals surface area contributed by atoms with Gasteiger partial charge >= 0.3 is 0 Å². The molecule has 2 heterocycles. The Morgan fingerprint density at radius 1 is 1.05 bits per heavy atom. The molecule has 0 radical (unpaired) electrons. The molecule has 1 saturated carbocycles. The zero-order valence-corrected chi connectivity index (χ0v) is 12.2. The van der Waals surface area contributed by atoms with Gasteiger partial charge in [-0.3, -0.25) is 0 Å². The lowest BCUT2D eigenvalue weighted by Crippen LogP contribution is -2.47. The Bertz CT molecular complexity index is 270. The highest BCUT2D eigenvalue weighted by Crippen LogP contribution is 2.33. The third kappa shape index (κ3) is 3.71. The molecule has 3 heteroatoms. The number of rotatable bonds is 4. The van der Waals surface area contributed by atoms with Crippen LogP contribution < -0.4 is 5.32 Å². The molecule has 3 aliphatic rings. The zero-order valence-electron chi connectivity index (χ0n) is 12.2. The molecule has 1 aliphatic carbocycles. The van der Waals surface area contributed by atoms with E-state index in [2.05, 4.69) is 5.32 Å². The maximum absolute atomic E-state index is 5.99. The Morgan fingerprint density at radius 2 is 1.95 bits per heavy atom. The van der Waals surface area contributed by atoms with Crippen LogP contribution in [0.2, 0.25) is 0 Å². The molecule has 2 unspecified atom stereocenters. The van der Waals surface area contributed by atoms with Gasteiger partial charge in [0.15, 0.2) is 0 Å². The first kappa shape index (κ1) is 13.8. The average Bonchev–Trinajstić information content (AvgIpc) is 2.88. The smallest absolute Gasteiger partial charge is 0.0951 e. The van der Waals surface area contributed by atoms with Crippen LogP contribution in [0, 0.1) is 5.92 Å². The Morgan fingerprint density at radius 3 is 2.74 bits per heavy atom. The van der Waals surface area contributed by atoms with Gasteiger partial charge in [-0.1, -0.05) is 32.1 Å². The van der Waals surface area contributed by atoms with Crippen LogP contribution in [0.3, 0.4) is 0 Å².